The molecule has 94 valence electrons. The van der Waals surface area contributed by atoms with Crippen LogP contribution in [0, 0.1) is 0 Å². The molecule has 17 heavy (non-hydrogen) atoms. The molecule has 1 aromatic rings. The zero-order valence-electron chi connectivity index (χ0n) is 10.1. The molecule has 0 bridgehead atoms. The molecule has 0 atom stereocenters. The topological polar surface area (TPSA) is 49.5 Å². The Balaban J connectivity index is 2.14. The SMILES string of the molecule is CN(CC1(O)CCCC1)c1cccc(Cl)c1N. The molecule has 0 aliphatic heterocycles. The number of anilines is 2. The third-order valence-electron chi connectivity index (χ3n) is 3.51. The molecule has 0 aromatic heterocycles. The van der Waals surface area contributed by atoms with Crippen LogP contribution in [0.2, 0.25) is 5.02 Å². The van der Waals surface area contributed by atoms with E-state index in [2.05, 4.69) is 0 Å². The van der Waals surface area contributed by atoms with Gasteiger partial charge in [-0.3, -0.25) is 0 Å². The average molecular weight is 255 g/mol. The molecule has 1 aliphatic carbocycles. The number of rotatable bonds is 3. The average Bonchev–Trinajstić information content (AvgIpc) is 2.68. The van der Waals surface area contributed by atoms with Gasteiger partial charge in [-0.1, -0.05) is 30.5 Å². The fraction of sp³-hybridized carbons (Fsp3) is 0.538. The number of nitrogens with zero attached hydrogens (tertiary/aromatic N) is 1. The van der Waals surface area contributed by atoms with Gasteiger partial charge in [-0.05, 0) is 25.0 Å². The van der Waals surface area contributed by atoms with Crippen molar-refractivity contribution in [3.8, 4) is 0 Å². The molecule has 1 aliphatic rings. The van der Waals surface area contributed by atoms with Crippen LogP contribution in [-0.4, -0.2) is 24.3 Å². The van der Waals surface area contributed by atoms with E-state index in [0.717, 1.165) is 31.4 Å². The summed E-state index contributed by atoms with van der Waals surface area (Å²) in [6, 6.07) is 5.58. The third kappa shape index (κ3) is 2.67. The fourth-order valence-electron chi connectivity index (χ4n) is 2.58. The summed E-state index contributed by atoms with van der Waals surface area (Å²) in [5, 5.41) is 10.9. The Morgan fingerprint density at radius 3 is 2.71 bits per heavy atom. The summed E-state index contributed by atoms with van der Waals surface area (Å²) in [5.74, 6) is 0. The van der Waals surface area contributed by atoms with E-state index < -0.39 is 5.60 Å². The van der Waals surface area contributed by atoms with Crippen LogP contribution in [0.5, 0.6) is 0 Å². The van der Waals surface area contributed by atoms with Crippen molar-refractivity contribution in [2.24, 2.45) is 0 Å². The molecule has 3 N–H and O–H groups in total. The van der Waals surface area contributed by atoms with Gasteiger partial charge in [-0.2, -0.15) is 0 Å². The van der Waals surface area contributed by atoms with E-state index in [0.29, 0.717) is 17.3 Å². The van der Waals surface area contributed by atoms with Crippen LogP contribution < -0.4 is 10.6 Å². The number of benzene rings is 1. The number of nitrogen functional groups attached to an aromatic ring is 1. The van der Waals surface area contributed by atoms with Crippen molar-refractivity contribution in [3.05, 3.63) is 23.2 Å². The van der Waals surface area contributed by atoms with Crippen LogP contribution in [-0.2, 0) is 0 Å². The van der Waals surface area contributed by atoms with Crippen molar-refractivity contribution in [2.75, 3.05) is 24.2 Å². The zero-order valence-corrected chi connectivity index (χ0v) is 10.9. The number of para-hydroxylation sites is 1. The largest absolute Gasteiger partial charge is 0.396 e. The summed E-state index contributed by atoms with van der Waals surface area (Å²) in [4.78, 5) is 1.99. The van der Waals surface area contributed by atoms with Gasteiger partial charge in [-0.15, -0.1) is 0 Å². The molecule has 0 unspecified atom stereocenters. The lowest BCUT2D eigenvalue weighted by Gasteiger charge is -2.30. The third-order valence-corrected chi connectivity index (χ3v) is 3.84. The lowest BCUT2D eigenvalue weighted by molar-refractivity contribution is 0.0559. The molecule has 0 heterocycles. The number of hydrogen-bond acceptors (Lipinski definition) is 3. The summed E-state index contributed by atoms with van der Waals surface area (Å²) >= 11 is 6.00. The van der Waals surface area contributed by atoms with Crippen LogP contribution in [0.15, 0.2) is 18.2 Å². The minimum Gasteiger partial charge on any atom is -0.396 e. The molecule has 3 nitrogen and oxygen atoms in total. The first-order valence-electron chi connectivity index (χ1n) is 5.99. The van der Waals surface area contributed by atoms with Crippen LogP contribution in [0.25, 0.3) is 0 Å². The Labute approximate surface area is 107 Å². The second kappa shape index (κ2) is 4.75. The maximum atomic E-state index is 10.4. The minimum atomic E-state index is -0.566. The summed E-state index contributed by atoms with van der Waals surface area (Å²) in [6.45, 7) is 0.609. The number of nitrogens with two attached hydrogens (primary N) is 1. The Morgan fingerprint density at radius 2 is 2.06 bits per heavy atom. The molecule has 0 spiro atoms. The fourth-order valence-corrected chi connectivity index (χ4v) is 2.75. The predicted octanol–water partition coefficient (Wildman–Crippen LogP) is 2.66. The normalized spacial score (nSPS) is 18.3. The highest BCUT2D eigenvalue weighted by Crippen LogP contribution is 2.34. The Morgan fingerprint density at radius 1 is 1.41 bits per heavy atom. The van der Waals surface area contributed by atoms with E-state index >= 15 is 0 Å². The van der Waals surface area contributed by atoms with Gasteiger partial charge in [0.15, 0.2) is 0 Å². The predicted molar refractivity (Wildman–Crippen MR) is 72.6 cm³/mol. The van der Waals surface area contributed by atoms with Crippen molar-refractivity contribution >= 4 is 23.0 Å². The Bertz CT molecular complexity index is 402. The van der Waals surface area contributed by atoms with Gasteiger partial charge in [0.1, 0.15) is 0 Å². The van der Waals surface area contributed by atoms with E-state index in [1.165, 1.54) is 0 Å². The summed E-state index contributed by atoms with van der Waals surface area (Å²) in [5.41, 5.74) is 6.85. The van der Waals surface area contributed by atoms with Crippen LogP contribution in [0.3, 0.4) is 0 Å². The smallest absolute Gasteiger partial charge is 0.0821 e. The molecule has 0 saturated heterocycles. The highest BCUT2D eigenvalue weighted by Gasteiger charge is 2.32. The van der Waals surface area contributed by atoms with Gasteiger partial charge in [0, 0.05) is 13.6 Å². The minimum absolute atomic E-state index is 0.563. The number of hydrogen-bond donors (Lipinski definition) is 2. The Hall–Kier alpha value is -0.930. The Kier molecular flexibility index (Phi) is 3.50. The molecular weight excluding hydrogens is 236 g/mol. The van der Waals surface area contributed by atoms with Crippen LogP contribution >= 0.6 is 11.6 Å². The van der Waals surface area contributed by atoms with Crippen LogP contribution in [0.4, 0.5) is 11.4 Å². The first kappa shape index (κ1) is 12.5. The van der Waals surface area contributed by atoms with Gasteiger partial charge in [0.25, 0.3) is 0 Å². The monoisotopic (exact) mass is 254 g/mol. The van der Waals surface area contributed by atoms with E-state index in [1.54, 1.807) is 6.07 Å². The van der Waals surface area contributed by atoms with E-state index in [1.807, 2.05) is 24.1 Å². The lowest BCUT2D eigenvalue weighted by atomic mass is 10.0. The molecule has 0 amide bonds. The first-order chi connectivity index (χ1) is 8.02. The van der Waals surface area contributed by atoms with Crippen molar-refractivity contribution in [1.29, 1.82) is 0 Å². The molecular formula is C13H19ClN2O. The summed E-state index contributed by atoms with van der Waals surface area (Å²) in [7, 11) is 1.94. The molecule has 2 rings (SSSR count). The van der Waals surface area contributed by atoms with Gasteiger partial charge < -0.3 is 15.7 Å². The zero-order chi connectivity index (χ0) is 12.5. The number of halogens is 1. The van der Waals surface area contributed by atoms with Crippen molar-refractivity contribution < 1.29 is 5.11 Å². The van der Waals surface area contributed by atoms with Gasteiger partial charge in [0.05, 0.1) is 22.0 Å². The molecule has 4 heteroatoms. The highest BCUT2D eigenvalue weighted by molar-refractivity contribution is 6.33. The van der Waals surface area contributed by atoms with Gasteiger partial charge in [0.2, 0.25) is 0 Å². The second-order valence-corrected chi connectivity index (χ2v) is 5.37. The number of aliphatic hydroxyl groups is 1. The molecule has 1 saturated carbocycles. The maximum absolute atomic E-state index is 10.4. The second-order valence-electron chi connectivity index (χ2n) is 4.96. The molecule has 0 radical (unpaired) electrons. The van der Waals surface area contributed by atoms with E-state index in [9.17, 15) is 5.11 Å². The quantitative estimate of drug-likeness (QED) is 0.816. The molecule has 1 fully saturated rings. The summed E-state index contributed by atoms with van der Waals surface area (Å²) in [6.07, 6.45) is 3.96. The van der Waals surface area contributed by atoms with Crippen molar-refractivity contribution in [1.82, 2.24) is 0 Å². The van der Waals surface area contributed by atoms with E-state index in [4.69, 9.17) is 17.3 Å². The lowest BCUT2D eigenvalue weighted by Crippen LogP contribution is -2.39. The highest BCUT2D eigenvalue weighted by atomic mass is 35.5. The van der Waals surface area contributed by atoms with Gasteiger partial charge >= 0.3 is 0 Å². The maximum Gasteiger partial charge on any atom is 0.0821 e. The standard InChI is InChI=1S/C13H19ClN2O/c1-16(9-13(17)7-2-3-8-13)11-6-4-5-10(14)12(11)15/h4-6,17H,2-3,7-9,15H2,1H3. The van der Waals surface area contributed by atoms with Crippen molar-refractivity contribution in [2.45, 2.75) is 31.3 Å². The summed E-state index contributed by atoms with van der Waals surface area (Å²) < 4.78 is 0. The number of likely N-dealkylation sites (N-methyl/N-ethyl adjacent to an activating group) is 1. The van der Waals surface area contributed by atoms with Gasteiger partial charge in [-0.25, -0.2) is 0 Å². The van der Waals surface area contributed by atoms with Crippen molar-refractivity contribution in [3.63, 3.8) is 0 Å². The molecule has 1 aromatic carbocycles. The first-order valence-corrected chi connectivity index (χ1v) is 6.37. The van der Waals surface area contributed by atoms with E-state index in [-0.39, 0.29) is 0 Å². The van der Waals surface area contributed by atoms with Crippen LogP contribution in [0.1, 0.15) is 25.7 Å².